The van der Waals surface area contributed by atoms with Gasteiger partial charge in [-0.3, -0.25) is 4.79 Å². The van der Waals surface area contributed by atoms with E-state index >= 15 is 0 Å². The molecule has 3 atom stereocenters. The van der Waals surface area contributed by atoms with Crippen molar-refractivity contribution in [3.63, 3.8) is 0 Å². The summed E-state index contributed by atoms with van der Waals surface area (Å²) in [4.78, 5) is 11.8. The summed E-state index contributed by atoms with van der Waals surface area (Å²) in [6, 6.07) is 0. The quantitative estimate of drug-likeness (QED) is 0.515. The third-order valence-corrected chi connectivity index (χ3v) is 3.75. The molecule has 0 heterocycles. The summed E-state index contributed by atoms with van der Waals surface area (Å²) >= 11 is 0. The number of carbonyl (C=O) groups is 1. The molecule has 2 rings (SSSR count). The lowest BCUT2D eigenvalue weighted by molar-refractivity contribution is -0.151. The maximum absolute atomic E-state index is 11.8. The lowest BCUT2D eigenvalue weighted by Gasteiger charge is -2.36. The minimum Gasteiger partial charge on any atom is -0.466 e. The summed E-state index contributed by atoms with van der Waals surface area (Å²) in [5.74, 6) is 1.36. The minimum absolute atomic E-state index is 0.0266. The van der Waals surface area contributed by atoms with Gasteiger partial charge in [-0.15, -0.1) is 0 Å². The van der Waals surface area contributed by atoms with Crippen molar-refractivity contribution in [1.82, 2.24) is 0 Å². The van der Waals surface area contributed by atoms with Crippen molar-refractivity contribution in [2.75, 3.05) is 6.61 Å². The zero-order valence-electron chi connectivity index (χ0n) is 9.45. The van der Waals surface area contributed by atoms with Crippen LogP contribution < -0.4 is 0 Å². The third-order valence-electron chi connectivity index (χ3n) is 3.75. The molecule has 2 aliphatic carbocycles. The predicted molar refractivity (Wildman–Crippen MR) is 59.3 cm³/mol. The van der Waals surface area contributed by atoms with Crippen LogP contribution >= 0.6 is 0 Å². The molecule has 15 heavy (non-hydrogen) atoms. The van der Waals surface area contributed by atoms with E-state index in [9.17, 15) is 4.79 Å². The molecular weight excluding hydrogens is 188 g/mol. The van der Waals surface area contributed by atoms with Crippen LogP contribution in [0.2, 0.25) is 0 Å². The molecule has 1 fully saturated rings. The Morgan fingerprint density at radius 2 is 2.20 bits per heavy atom. The molecular formula is C13H20O2. The van der Waals surface area contributed by atoms with Crippen LogP contribution in [0.1, 0.15) is 39.0 Å². The number of carbonyl (C=O) groups excluding carboxylic acids is 1. The Hall–Kier alpha value is -0.790. The first-order valence-corrected chi connectivity index (χ1v) is 6.16. The van der Waals surface area contributed by atoms with Crippen molar-refractivity contribution < 1.29 is 9.53 Å². The number of hydrogen-bond donors (Lipinski definition) is 0. The molecule has 0 radical (unpaired) electrons. The van der Waals surface area contributed by atoms with Crippen molar-refractivity contribution in [3.8, 4) is 0 Å². The number of hydrogen-bond acceptors (Lipinski definition) is 2. The summed E-state index contributed by atoms with van der Waals surface area (Å²) < 4.78 is 5.16. The lowest BCUT2D eigenvalue weighted by atomic mass is 9.68. The second-order valence-electron chi connectivity index (χ2n) is 4.63. The van der Waals surface area contributed by atoms with Crippen LogP contribution in [0, 0.1) is 17.8 Å². The molecule has 2 aliphatic rings. The summed E-state index contributed by atoms with van der Waals surface area (Å²) in [6.07, 6.45) is 10.5. The van der Waals surface area contributed by atoms with Gasteiger partial charge in [0.25, 0.3) is 0 Å². The summed E-state index contributed by atoms with van der Waals surface area (Å²) in [6.45, 7) is 2.39. The largest absolute Gasteiger partial charge is 0.466 e. The van der Waals surface area contributed by atoms with Crippen LogP contribution in [-0.4, -0.2) is 12.6 Å². The van der Waals surface area contributed by atoms with Gasteiger partial charge in [-0.05, 0) is 38.0 Å². The third kappa shape index (κ3) is 2.24. The van der Waals surface area contributed by atoms with E-state index < -0.39 is 0 Å². The topological polar surface area (TPSA) is 26.3 Å². The van der Waals surface area contributed by atoms with Gasteiger partial charge in [-0.25, -0.2) is 0 Å². The highest BCUT2D eigenvalue weighted by Crippen LogP contribution is 2.40. The van der Waals surface area contributed by atoms with Gasteiger partial charge in [-0.2, -0.15) is 0 Å². The lowest BCUT2D eigenvalue weighted by Crippen LogP contribution is -2.34. The maximum Gasteiger partial charge on any atom is 0.309 e. The normalized spacial score (nSPS) is 34.6. The van der Waals surface area contributed by atoms with E-state index in [1.54, 1.807) is 0 Å². The number of ether oxygens (including phenoxy) is 1. The van der Waals surface area contributed by atoms with E-state index in [4.69, 9.17) is 4.74 Å². The van der Waals surface area contributed by atoms with Crippen molar-refractivity contribution in [1.29, 1.82) is 0 Å². The van der Waals surface area contributed by atoms with Crippen LogP contribution in [0.3, 0.4) is 0 Å². The maximum atomic E-state index is 11.8. The van der Waals surface area contributed by atoms with Crippen LogP contribution in [0.15, 0.2) is 12.2 Å². The molecule has 0 N–H and O–H groups in total. The predicted octanol–water partition coefficient (Wildman–Crippen LogP) is 2.93. The Labute approximate surface area is 91.7 Å². The van der Waals surface area contributed by atoms with E-state index in [-0.39, 0.29) is 11.9 Å². The molecule has 0 aromatic carbocycles. The zero-order chi connectivity index (χ0) is 10.7. The van der Waals surface area contributed by atoms with E-state index in [2.05, 4.69) is 12.2 Å². The average molecular weight is 208 g/mol. The Morgan fingerprint density at radius 1 is 1.40 bits per heavy atom. The minimum atomic E-state index is 0.0266. The molecule has 0 aromatic heterocycles. The molecule has 0 amide bonds. The van der Waals surface area contributed by atoms with E-state index in [0.717, 1.165) is 6.42 Å². The zero-order valence-corrected chi connectivity index (χ0v) is 9.45. The van der Waals surface area contributed by atoms with Gasteiger partial charge in [0.05, 0.1) is 12.5 Å². The Morgan fingerprint density at radius 3 is 3.00 bits per heavy atom. The number of fused-ring (bicyclic) bond motifs is 1. The van der Waals surface area contributed by atoms with Crippen LogP contribution in [-0.2, 0) is 9.53 Å². The molecule has 0 bridgehead atoms. The number of allylic oxidation sites excluding steroid dienone is 2. The SMILES string of the molecule is CCOC(=O)[C@@H]1CC=C[C@H]2CCCC[C@H]21. The summed E-state index contributed by atoms with van der Waals surface area (Å²) in [5, 5.41) is 0. The summed E-state index contributed by atoms with van der Waals surface area (Å²) in [5.41, 5.74) is 0. The van der Waals surface area contributed by atoms with Crippen molar-refractivity contribution in [2.24, 2.45) is 17.8 Å². The fraction of sp³-hybridized carbons (Fsp3) is 0.769. The van der Waals surface area contributed by atoms with Crippen molar-refractivity contribution >= 4 is 5.97 Å². The van der Waals surface area contributed by atoms with Gasteiger partial charge in [0.1, 0.15) is 0 Å². The van der Waals surface area contributed by atoms with Crippen LogP contribution in [0.25, 0.3) is 0 Å². The molecule has 2 nitrogen and oxygen atoms in total. The van der Waals surface area contributed by atoms with Gasteiger partial charge in [0.15, 0.2) is 0 Å². The van der Waals surface area contributed by atoms with Crippen molar-refractivity contribution in [2.45, 2.75) is 39.0 Å². The molecule has 0 aromatic rings. The standard InChI is InChI=1S/C13H20O2/c1-2-15-13(14)12-9-5-7-10-6-3-4-8-11(10)12/h5,7,10-12H,2-4,6,8-9H2,1H3/t10-,11-,12-/m1/s1. The molecule has 2 heteroatoms. The van der Waals surface area contributed by atoms with Gasteiger partial charge in [0, 0.05) is 0 Å². The average Bonchev–Trinajstić information content (AvgIpc) is 2.28. The monoisotopic (exact) mass is 208 g/mol. The second kappa shape index (κ2) is 4.82. The molecule has 0 saturated heterocycles. The van der Waals surface area contributed by atoms with Crippen molar-refractivity contribution in [3.05, 3.63) is 12.2 Å². The van der Waals surface area contributed by atoms with Gasteiger partial charge >= 0.3 is 5.97 Å². The molecule has 0 aliphatic heterocycles. The second-order valence-corrected chi connectivity index (χ2v) is 4.63. The number of esters is 1. The van der Waals surface area contributed by atoms with Crippen LogP contribution in [0.5, 0.6) is 0 Å². The molecule has 0 spiro atoms. The van der Waals surface area contributed by atoms with Gasteiger partial charge in [-0.1, -0.05) is 25.0 Å². The highest BCUT2D eigenvalue weighted by molar-refractivity contribution is 5.73. The first-order chi connectivity index (χ1) is 7.33. The Bertz CT molecular complexity index is 257. The fourth-order valence-corrected chi connectivity index (χ4v) is 3.02. The highest BCUT2D eigenvalue weighted by Gasteiger charge is 2.36. The smallest absolute Gasteiger partial charge is 0.309 e. The van der Waals surface area contributed by atoms with Gasteiger partial charge in [0.2, 0.25) is 0 Å². The van der Waals surface area contributed by atoms with E-state index in [1.165, 1.54) is 25.7 Å². The fourth-order valence-electron chi connectivity index (χ4n) is 3.02. The highest BCUT2D eigenvalue weighted by atomic mass is 16.5. The van der Waals surface area contributed by atoms with Crippen LogP contribution in [0.4, 0.5) is 0 Å². The molecule has 1 saturated carbocycles. The summed E-state index contributed by atoms with van der Waals surface area (Å²) in [7, 11) is 0. The molecule has 84 valence electrons. The van der Waals surface area contributed by atoms with E-state index in [0.29, 0.717) is 18.4 Å². The molecule has 0 unspecified atom stereocenters. The Balaban J connectivity index is 2.05. The first kappa shape index (κ1) is 10.7. The van der Waals surface area contributed by atoms with Gasteiger partial charge < -0.3 is 4.74 Å². The number of rotatable bonds is 2. The first-order valence-electron chi connectivity index (χ1n) is 6.16. The van der Waals surface area contributed by atoms with E-state index in [1.807, 2.05) is 6.92 Å². The Kier molecular flexibility index (Phi) is 3.45.